The van der Waals surface area contributed by atoms with E-state index >= 15 is 0 Å². The maximum Gasteiger partial charge on any atom is 0.159 e. The predicted octanol–water partition coefficient (Wildman–Crippen LogP) is 3.62. The monoisotopic (exact) mass is 250 g/mol. The second kappa shape index (κ2) is 4.38. The zero-order valence-electron chi connectivity index (χ0n) is 7.86. The Balaban J connectivity index is 0.000000980. The van der Waals surface area contributed by atoms with Crippen molar-refractivity contribution in [2.75, 3.05) is 0 Å². The Morgan fingerprint density at radius 1 is 1.00 bits per heavy atom. The molecule has 0 heterocycles. The van der Waals surface area contributed by atoms with Crippen molar-refractivity contribution in [3.8, 4) is 0 Å². The summed E-state index contributed by atoms with van der Waals surface area (Å²) < 4.78 is 0. The molecule has 0 aliphatic carbocycles. The summed E-state index contributed by atoms with van der Waals surface area (Å²) in [5.74, 6) is 0.116. The van der Waals surface area contributed by atoms with Gasteiger partial charge in [-0.1, -0.05) is 36.4 Å². The summed E-state index contributed by atoms with van der Waals surface area (Å²) in [6, 6.07) is 13.8. The molecule has 2 rings (SSSR count). The van der Waals surface area contributed by atoms with Crippen molar-refractivity contribution in [3.63, 3.8) is 0 Å². The number of rotatable bonds is 1. The predicted molar refractivity (Wildman–Crippen MR) is 64.3 cm³/mol. The highest BCUT2D eigenvalue weighted by atomic mass is 79.9. The lowest BCUT2D eigenvalue weighted by atomic mass is 10.1. The lowest BCUT2D eigenvalue weighted by molar-refractivity contribution is 0.101. The molecule has 0 bridgehead atoms. The Kier molecular flexibility index (Phi) is 3.42. The Hall–Kier alpha value is -1.15. The van der Waals surface area contributed by atoms with Gasteiger partial charge in [0.15, 0.2) is 5.78 Å². The van der Waals surface area contributed by atoms with Crippen molar-refractivity contribution in [1.82, 2.24) is 0 Å². The fraction of sp³-hybridized carbons (Fsp3) is 0.0833. The summed E-state index contributed by atoms with van der Waals surface area (Å²) in [5, 5.41) is 2.29. The van der Waals surface area contributed by atoms with E-state index < -0.39 is 0 Å². The smallest absolute Gasteiger partial charge is 0.159 e. The molecule has 0 aliphatic heterocycles. The first-order chi connectivity index (χ1) is 6.27. The van der Waals surface area contributed by atoms with Crippen LogP contribution in [-0.2, 0) is 0 Å². The molecule has 14 heavy (non-hydrogen) atoms. The summed E-state index contributed by atoms with van der Waals surface area (Å²) in [7, 11) is 0. The van der Waals surface area contributed by atoms with Gasteiger partial charge in [0, 0.05) is 5.56 Å². The van der Waals surface area contributed by atoms with E-state index in [0.717, 1.165) is 10.9 Å². The van der Waals surface area contributed by atoms with E-state index in [1.54, 1.807) is 6.92 Å². The summed E-state index contributed by atoms with van der Waals surface area (Å²) in [6.07, 6.45) is 0. The van der Waals surface area contributed by atoms with Crippen molar-refractivity contribution < 1.29 is 4.79 Å². The van der Waals surface area contributed by atoms with Gasteiger partial charge in [0.2, 0.25) is 0 Å². The average molecular weight is 251 g/mol. The van der Waals surface area contributed by atoms with E-state index in [0.29, 0.717) is 0 Å². The minimum atomic E-state index is 0. The van der Waals surface area contributed by atoms with Crippen LogP contribution in [0.1, 0.15) is 17.3 Å². The molecule has 0 amide bonds. The third-order valence-electron chi connectivity index (χ3n) is 2.16. The first-order valence-corrected chi connectivity index (χ1v) is 4.27. The maximum atomic E-state index is 11.1. The molecule has 72 valence electrons. The van der Waals surface area contributed by atoms with Crippen molar-refractivity contribution >= 4 is 33.5 Å². The van der Waals surface area contributed by atoms with E-state index in [1.807, 2.05) is 42.5 Å². The second-order valence-corrected chi connectivity index (χ2v) is 3.12. The Morgan fingerprint density at radius 2 is 1.64 bits per heavy atom. The van der Waals surface area contributed by atoms with Crippen LogP contribution in [0.2, 0.25) is 0 Å². The van der Waals surface area contributed by atoms with Gasteiger partial charge in [0.1, 0.15) is 0 Å². The van der Waals surface area contributed by atoms with Gasteiger partial charge < -0.3 is 0 Å². The lowest BCUT2D eigenvalue weighted by Crippen LogP contribution is -1.90. The van der Waals surface area contributed by atoms with Crippen LogP contribution >= 0.6 is 17.0 Å². The van der Waals surface area contributed by atoms with Gasteiger partial charge in [-0.3, -0.25) is 4.79 Å². The molecule has 0 aliphatic rings. The number of fused-ring (bicyclic) bond motifs is 1. The molecule has 0 spiro atoms. The first-order valence-electron chi connectivity index (χ1n) is 4.27. The number of hydrogen-bond donors (Lipinski definition) is 0. The van der Waals surface area contributed by atoms with Crippen molar-refractivity contribution in [1.29, 1.82) is 0 Å². The molecule has 0 aromatic heterocycles. The lowest BCUT2D eigenvalue weighted by Gasteiger charge is -1.99. The standard InChI is InChI=1S/C12H10O.BrH/c1-9(13)11-7-6-10-4-2-3-5-12(10)8-11;/h2-8H,1H3;1H. The van der Waals surface area contributed by atoms with Gasteiger partial charge in [-0.25, -0.2) is 0 Å². The second-order valence-electron chi connectivity index (χ2n) is 3.12. The topological polar surface area (TPSA) is 17.1 Å². The van der Waals surface area contributed by atoms with Gasteiger partial charge >= 0.3 is 0 Å². The van der Waals surface area contributed by atoms with Crippen LogP contribution in [0, 0.1) is 0 Å². The number of Topliss-reactive ketones (excluding diaryl/α,β-unsaturated/α-hetero) is 1. The molecule has 0 atom stereocenters. The van der Waals surface area contributed by atoms with Crippen LogP contribution in [0.4, 0.5) is 0 Å². The molecule has 0 unspecified atom stereocenters. The Labute approximate surface area is 93.5 Å². The van der Waals surface area contributed by atoms with Crippen molar-refractivity contribution in [3.05, 3.63) is 48.0 Å². The summed E-state index contributed by atoms with van der Waals surface area (Å²) in [5.41, 5.74) is 0.777. The van der Waals surface area contributed by atoms with Crippen LogP contribution in [-0.4, -0.2) is 5.78 Å². The maximum absolute atomic E-state index is 11.1. The number of hydrogen-bond acceptors (Lipinski definition) is 1. The zero-order chi connectivity index (χ0) is 9.26. The molecule has 0 radical (unpaired) electrons. The fourth-order valence-electron chi connectivity index (χ4n) is 1.41. The molecule has 2 aromatic carbocycles. The quantitative estimate of drug-likeness (QED) is 0.707. The van der Waals surface area contributed by atoms with Crippen LogP contribution in [0.25, 0.3) is 10.8 Å². The van der Waals surface area contributed by atoms with Gasteiger partial charge in [-0.05, 0) is 23.8 Å². The number of carbonyl (C=O) groups excluding carboxylic acids is 1. The van der Waals surface area contributed by atoms with Gasteiger partial charge in [-0.15, -0.1) is 17.0 Å². The fourth-order valence-corrected chi connectivity index (χ4v) is 1.41. The molecule has 0 N–H and O–H groups in total. The molecule has 2 heteroatoms. The Morgan fingerprint density at radius 3 is 2.29 bits per heavy atom. The van der Waals surface area contributed by atoms with E-state index in [2.05, 4.69) is 0 Å². The summed E-state index contributed by atoms with van der Waals surface area (Å²) in [4.78, 5) is 11.1. The minimum absolute atomic E-state index is 0. The zero-order valence-corrected chi connectivity index (χ0v) is 9.57. The van der Waals surface area contributed by atoms with E-state index in [1.165, 1.54) is 5.39 Å². The van der Waals surface area contributed by atoms with Crippen molar-refractivity contribution in [2.24, 2.45) is 0 Å². The van der Waals surface area contributed by atoms with Gasteiger partial charge in [0.05, 0.1) is 0 Å². The SMILES string of the molecule is Br.CC(=O)c1ccc2ccccc2c1. The molecular formula is C12H11BrO. The normalized spacial score (nSPS) is 9.50. The largest absolute Gasteiger partial charge is 0.295 e. The van der Waals surface area contributed by atoms with E-state index in [4.69, 9.17) is 0 Å². The van der Waals surface area contributed by atoms with Gasteiger partial charge in [-0.2, -0.15) is 0 Å². The molecule has 0 fully saturated rings. The number of benzene rings is 2. The highest BCUT2D eigenvalue weighted by molar-refractivity contribution is 8.93. The minimum Gasteiger partial charge on any atom is -0.295 e. The van der Waals surface area contributed by atoms with Gasteiger partial charge in [0.25, 0.3) is 0 Å². The molecule has 0 saturated heterocycles. The average Bonchev–Trinajstić information content (AvgIpc) is 2.17. The van der Waals surface area contributed by atoms with Crippen LogP contribution in [0.5, 0.6) is 0 Å². The van der Waals surface area contributed by atoms with Crippen molar-refractivity contribution in [2.45, 2.75) is 6.92 Å². The molecule has 0 saturated carbocycles. The Bertz CT molecular complexity index is 463. The van der Waals surface area contributed by atoms with Crippen LogP contribution in [0.3, 0.4) is 0 Å². The number of ketones is 1. The summed E-state index contributed by atoms with van der Waals surface area (Å²) in [6.45, 7) is 1.59. The third-order valence-corrected chi connectivity index (χ3v) is 2.16. The number of halogens is 1. The molecule has 1 nitrogen and oxygen atoms in total. The first kappa shape index (κ1) is 10.9. The number of carbonyl (C=O) groups is 1. The molecular weight excluding hydrogens is 240 g/mol. The van der Waals surface area contributed by atoms with Crippen LogP contribution < -0.4 is 0 Å². The summed E-state index contributed by atoms with van der Waals surface area (Å²) >= 11 is 0. The van der Waals surface area contributed by atoms with E-state index in [9.17, 15) is 4.79 Å². The van der Waals surface area contributed by atoms with Crippen LogP contribution in [0.15, 0.2) is 42.5 Å². The van der Waals surface area contributed by atoms with E-state index in [-0.39, 0.29) is 22.8 Å². The third kappa shape index (κ3) is 2.02. The molecule has 2 aromatic rings. The highest BCUT2D eigenvalue weighted by Gasteiger charge is 1.99. The highest BCUT2D eigenvalue weighted by Crippen LogP contribution is 2.15.